The van der Waals surface area contributed by atoms with Crippen molar-refractivity contribution >= 4 is 29.5 Å². The van der Waals surface area contributed by atoms with Gasteiger partial charge < -0.3 is 15.0 Å². The second-order valence-corrected chi connectivity index (χ2v) is 7.12. The van der Waals surface area contributed by atoms with Gasteiger partial charge in [0, 0.05) is 24.7 Å². The van der Waals surface area contributed by atoms with Crippen molar-refractivity contribution < 1.29 is 23.9 Å². The molecule has 0 spiro atoms. The third-order valence-electron chi connectivity index (χ3n) is 4.43. The van der Waals surface area contributed by atoms with Gasteiger partial charge in [0.2, 0.25) is 5.91 Å². The number of hydrogen-bond donors (Lipinski definition) is 2. The Bertz CT molecular complexity index is 745. The molecule has 2 N–H and O–H groups in total. The van der Waals surface area contributed by atoms with Crippen LogP contribution in [-0.2, 0) is 25.5 Å². The highest BCUT2D eigenvalue weighted by Gasteiger charge is 2.37. The average Bonchev–Trinajstić information content (AvgIpc) is 3.02. The van der Waals surface area contributed by atoms with Crippen LogP contribution >= 0.6 is 0 Å². The summed E-state index contributed by atoms with van der Waals surface area (Å²) in [7, 11) is 0. The van der Waals surface area contributed by atoms with Crippen molar-refractivity contribution in [3.63, 3.8) is 0 Å². The van der Waals surface area contributed by atoms with E-state index in [0.717, 1.165) is 17.7 Å². The summed E-state index contributed by atoms with van der Waals surface area (Å²) in [4.78, 5) is 49.7. The van der Waals surface area contributed by atoms with Crippen LogP contribution < -0.4 is 15.5 Å². The monoisotopic (exact) mass is 389 g/mol. The first-order chi connectivity index (χ1) is 13.2. The fourth-order valence-electron chi connectivity index (χ4n) is 2.86. The van der Waals surface area contributed by atoms with Crippen molar-refractivity contribution in [2.75, 3.05) is 11.4 Å². The Morgan fingerprint density at radius 3 is 2.39 bits per heavy atom. The third-order valence-corrected chi connectivity index (χ3v) is 4.43. The van der Waals surface area contributed by atoms with Gasteiger partial charge in [-0.1, -0.05) is 19.1 Å². The highest BCUT2D eigenvalue weighted by molar-refractivity contribution is 6.00. The molecule has 2 atom stereocenters. The Morgan fingerprint density at radius 1 is 1.18 bits per heavy atom. The van der Waals surface area contributed by atoms with Gasteiger partial charge in [0.05, 0.1) is 5.92 Å². The Morgan fingerprint density at radius 2 is 1.82 bits per heavy atom. The fourth-order valence-corrected chi connectivity index (χ4v) is 2.86. The fraction of sp³-hybridized carbons (Fsp3) is 0.500. The second-order valence-electron chi connectivity index (χ2n) is 7.12. The minimum atomic E-state index is -1.14. The Kier molecular flexibility index (Phi) is 7.14. The number of esters is 1. The van der Waals surface area contributed by atoms with Crippen LogP contribution in [0.4, 0.5) is 10.5 Å². The van der Waals surface area contributed by atoms with E-state index < -0.39 is 29.9 Å². The van der Waals surface area contributed by atoms with Crippen LogP contribution in [0.1, 0.15) is 39.7 Å². The van der Waals surface area contributed by atoms with Gasteiger partial charge in [0.25, 0.3) is 5.91 Å². The van der Waals surface area contributed by atoms with Gasteiger partial charge in [0.15, 0.2) is 6.10 Å². The van der Waals surface area contributed by atoms with Gasteiger partial charge in [-0.3, -0.25) is 19.7 Å². The number of amides is 4. The lowest BCUT2D eigenvalue weighted by Gasteiger charge is -2.18. The SMILES string of the molecule is CCc1ccc(N2C[C@@H](C(=O)O[C@H](C)C(=O)NC(=O)NC(C)C)CC2=O)cc1. The first-order valence-corrected chi connectivity index (χ1v) is 9.42. The number of imide groups is 1. The van der Waals surface area contributed by atoms with Crippen LogP contribution in [0, 0.1) is 5.92 Å². The molecule has 8 nitrogen and oxygen atoms in total. The van der Waals surface area contributed by atoms with E-state index in [1.165, 1.54) is 6.92 Å². The summed E-state index contributed by atoms with van der Waals surface area (Å²) in [5.74, 6) is -2.17. The van der Waals surface area contributed by atoms with Gasteiger partial charge in [0.1, 0.15) is 0 Å². The summed E-state index contributed by atoms with van der Waals surface area (Å²) in [5.41, 5.74) is 1.89. The van der Waals surface area contributed by atoms with Gasteiger partial charge in [-0.25, -0.2) is 4.79 Å². The molecular formula is C20H27N3O5. The molecule has 0 saturated carbocycles. The molecule has 28 heavy (non-hydrogen) atoms. The van der Waals surface area contributed by atoms with Crippen LogP contribution in [-0.4, -0.2) is 42.5 Å². The van der Waals surface area contributed by atoms with Crippen molar-refractivity contribution in [1.82, 2.24) is 10.6 Å². The third kappa shape index (κ3) is 5.55. The number of rotatable bonds is 6. The zero-order valence-electron chi connectivity index (χ0n) is 16.7. The molecule has 1 saturated heterocycles. The maximum absolute atomic E-state index is 12.4. The number of benzene rings is 1. The molecule has 2 rings (SSSR count). The summed E-state index contributed by atoms with van der Waals surface area (Å²) in [6, 6.07) is 6.82. The topological polar surface area (TPSA) is 105 Å². The number of carbonyl (C=O) groups is 4. The Hall–Kier alpha value is -2.90. The normalized spacial score (nSPS) is 17.4. The van der Waals surface area contributed by atoms with Crippen molar-refractivity contribution in [2.24, 2.45) is 5.92 Å². The van der Waals surface area contributed by atoms with E-state index in [4.69, 9.17) is 4.74 Å². The van der Waals surface area contributed by atoms with E-state index >= 15 is 0 Å². The molecule has 0 bridgehead atoms. The molecule has 0 aromatic heterocycles. The molecular weight excluding hydrogens is 362 g/mol. The smallest absolute Gasteiger partial charge is 0.321 e. The maximum atomic E-state index is 12.4. The molecule has 1 aliphatic rings. The predicted octanol–water partition coefficient (Wildman–Crippen LogP) is 1.77. The van der Waals surface area contributed by atoms with E-state index in [0.29, 0.717) is 0 Å². The molecule has 0 aliphatic carbocycles. The molecule has 1 heterocycles. The minimum absolute atomic E-state index is 0.0243. The number of urea groups is 1. The lowest BCUT2D eigenvalue weighted by Crippen LogP contribution is -2.47. The van der Waals surface area contributed by atoms with E-state index in [-0.39, 0.29) is 24.9 Å². The quantitative estimate of drug-likeness (QED) is 0.722. The Balaban J connectivity index is 1.91. The minimum Gasteiger partial charge on any atom is -0.452 e. The average molecular weight is 389 g/mol. The van der Waals surface area contributed by atoms with Crippen molar-refractivity contribution in [3.8, 4) is 0 Å². The maximum Gasteiger partial charge on any atom is 0.321 e. The highest BCUT2D eigenvalue weighted by atomic mass is 16.5. The number of carbonyl (C=O) groups excluding carboxylic acids is 4. The zero-order chi connectivity index (χ0) is 20.8. The molecule has 1 aliphatic heterocycles. The van der Waals surface area contributed by atoms with Crippen molar-refractivity contribution in [3.05, 3.63) is 29.8 Å². The van der Waals surface area contributed by atoms with E-state index in [2.05, 4.69) is 10.6 Å². The number of hydrogen-bond acceptors (Lipinski definition) is 5. The number of aryl methyl sites for hydroxylation is 1. The van der Waals surface area contributed by atoms with Gasteiger partial charge >= 0.3 is 12.0 Å². The first kappa shape index (κ1) is 21.4. The number of nitrogens with zero attached hydrogens (tertiary/aromatic N) is 1. The van der Waals surface area contributed by atoms with E-state index in [1.807, 2.05) is 31.2 Å². The molecule has 8 heteroatoms. The highest BCUT2D eigenvalue weighted by Crippen LogP contribution is 2.26. The summed E-state index contributed by atoms with van der Waals surface area (Å²) in [5, 5.41) is 4.63. The lowest BCUT2D eigenvalue weighted by atomic mass is 10.1. The summed E-state index contributed by atoms with van der Waals surface area (Å²) < 4.78 is 5.16. The van der Waals surface area contributed by atoms with Gasteiger partial charge in [-0.2, -0.15) is 0 Å². The summed E-state index contributed by atoms with van der Waals surface area (Å²) >= 11 is 0. The second kappa shape index (κ2) is 9.34. The van der Waals surface area contributed by atoms with Crippen molar-refractivity contribution in [1.29, 1.82) is 0 Å². The van der Waals surface area contributed by atoms with Crippen LogP contribution in [0.2, 0.25) is 0 Å². The van der Waals surface area contributed by atoms with Crippen LogP contribution in [0.15, 0.2) is 24.3 Å². The van der Waals surface area contributed by atoms with E-state index in [1.54, 1.807) is 18.7 Å². The summed E-state index contributed by atoms with van der Waals surface area (Å²) in [6.45, 7) is 7.14. The number of ether oxygens (including phenoxy) is 1. The molecule has 1 aromatic rings. The van der Waals surface area contributed by atoms with Crippen LogP contribution in [0.3, 0.4) is 0 Å². The molecule has 1 aromatic carbocycles. The van der Waals surface area contributed by atoms with Crippen LogP contribution in [0.5, 0.6) is 0 Å². The van der Waals surface area contributed by atoms with Gasteiger partial charge in [-0.05, 0) is 44.9 Å². The molecule has 152 valence electrons. The number of anilines is 1. The molecule has 4 amide bonds. The molecule has 1 fully saturated rings. The largest absolute Gasteiger partial charge is 0.452 e. The predicted molar refractivity (Wildman–Crippen MR) is 104 cm³/mol. The summed E-state index contributed by atoms with van der Waals surface area (Å²) in [6.07, 6.45) is -0.215. The van der Waals surface area contributed by atoms with Crippen molar-refractivity contribution in [2.45, 2.75) is 52.7 Å². The first-order valence-electron chi connectivity index (χ1n) is 9.42. The lowest BCUT2D eigenvalue weighted by molar-refractivity contribution is -0.158. The van der Waals surface area contributed by atoms with Crippen LogP contribution in [0.25, 0.3) is 0 Å². The molecule has 0 unspecified atom stereocenters. The number of nitrogens with one attached hydrogen (secondary N) is 2. The molecule has 0 radical (unpaired) electrons. The standard InChI is InChI=1S/C20H27N3O5/c1-5-14-6-8-16(9-7-14)23-11-15(10-17(23)24)19(26)28-13(4)18(25)22-20(27)21-12(2)3/h6-9,12-13,15H,5,10-11H2,1-4H3,(H2,21,22,25,27)/t13-,15+/m1/s1. The van der Waals surface area contributed by atoms with E-state index in [9.17, 15) is 19.2 Å². The zero-order valence-corrected chi connectivity index (χ0v) is 16.7. The Labute approximate surface area is 164 Å². The van der Waals surface area contributed by atoms with Gasteiger partial charge in [-0.15, -0.1) is 0 Å².